The van der Waals surface area contributed by atoms with E-state index >= 15 is 14.4 Å². The standard InChI is InChI=1S/C91H178N6O3/c1-7-13-19-25-31-37-43-49-55-61-70-95(71-62-56-50-44-38-32-26-20-14-8-2)76-67-92-86(98)89-79-85-80-90(82-89,87(99)93-68-77-96(72-63-57-51-45-39-33-27-21-15-9-3)73-64-58-52-46-40-34-28-22-16-10-4)84-91(81-85,83-89)88(100)94-69-78-97(74-65-59-53-47-41-35-29-23-17-11-5)75-66-60-54-48-42-36-30-24-18-12-6/h85H,7-84H2,1-6H3,(H,92,98)(H,93,99)(H,94,100). The molecule has 0 heterocycles. The summed E-state index contributed by atoms with van der Waals surface area (Å²) in [5, 5.41) is 10.8. The highest BCUT2D eigenvalue weighted by atomic mass is 16.2. The zero-order chi connectivity index (χ0) is 71.8. The lowest BCUT2D eigenvalue weighted by atomic mass is 9.39. The number of hydrogen-bond acceptors (Lipinski definition) is 6. The van der Waals surface area contributed by atoms with Crippen molar-refractivity contribution in [2.45, 2.75) is 465 Å². The third-order valence-corrected chi connectivity index (χ3v) is 24.6. The number of rotatable bonds is 78. The molecule has 4 aliphatic carbocycles. The van der Waals surface area contributed by atoms with Crippen molar-refractivity contribution in [1.29, 1.82) is 0 Å². The van der Waals surface area contributed by atoms with Crippen molar-refractivity contribution in [1.82, 2.24) is 30.7 Å². The number of carbonyl (C=O) groups excluding carboxylic acids is 3. The summed E-state index contributed by atoms with van der Waals surface area (Å²) < 4.78 is 0. The second-order valence-corrected chi connectivity index (χ2v) is 34.2. The van der Waals surface area contributed by atoms with Gasteiger partial charge in [-0.3, -0.25) is 14.4 Å². The van der Waals surface area contributed by atoms with Crippen molar-refractivity contribution in [3.05, 3.63) is 0 Å². The first-order valence-electron chi connectivity index (χ1n) is 46.2. The molecule has 4 rings (SSSR count). The summed E-state index contributed by atoms with van der Waals surface area (Å²) in [5.74, 6) is 0.572. The second-order valence-electron chi connectivity index (χ2n) is 34.2. The first-order chi connectivity index (χ1) is 49.1. The van der Waals surface area contributed by atoms with E-state index in [0.717, 1.165) is 78.2 Å². The van der Waals surface area contributed by atoms with Crippen LogP contribution in [0.4, 0.5) is 0 Å². The van der Waals surface area contributed by atoms with Crippen LogP contribution in [0.3, 0.4) is 0 Å². The van der Waals surface area contributed by atoms with E-state index in [4.69, 9.17) is 0 Å². The van der Waals surface area contributed by atoms with Crippen LogP contribution in [0.15, 0.2) is 0 Å². The summed E-state index contributed by atoms with van der Waals surface area (Å²) in [6.07, 6.45) is 84.9. The number of carbonyl (C=O) groups is 3. The first kappa shape index (κ1) is 92.5. The van der Waals surface area contributed by atoms with Crippen LogP contribution in [-0.2, 0) is 14.4 Å². The van der Waals surface area contributed by atoms with E-state index in [1.165, 1.54) is 385 Å². The molecule has 4 bridgehead atoms. The average molecular weight is 1400 g/mol. The van der Waals surface area contributed by atoms with Gasteiger partial charge in [0.25, 0.3) is 0 Å². The molecule has 9 nitrogen and oxygen atoms in total. The van der Waals surface area contributed by atoms with Crippen LogP contribution in [0.5, 0.6) is 0 Å². The van der Waals surface area contributed by atoms with Crippen molar-refractivity contribution in [3.8, 4) is 0 Å². The van der Waals surface area contributed by atoms with E-state index in [0.29, 0.717) is 38.9 Å². The number of nitrogens with zero attached hydrogens (tertiary/aromatic N) is 3. The third-order valence-electron chi connectivity index (χ3n) is 24.6. The topological polar surface area (TPSA) is 97.0 Å². The second kappa shape index (κ2) is 64.5. The van der Waals surface area contributed by atoms with Crippen molar-refractivity contribution in [2.75, 3.05) is 78.5 Å². The molecule has 590 valence electrons. The van der Waals surface area contributed by atoms with E-state index in [2.05, 4.69) is 72.2 Å². The molecular weight excluding hydrogens is 1230 g/mol. The average Bonchev–Trinajstić information content (AvgIpc) is 0.692. The zero-order valence-corrected chi connectivity index (χ0v) is 68.8. The Labute approximate surface area is 625 Å². The maximum absolute atomic E-state index is 15.4. The van der Waals surface area contributed by atoms with Gasteiger partial charge in [-0.2, -0.15) is 0 Å². The van der Waals surface area contributed by atoms with E-state index in [9.17, 15) is 0 Å². The Morgan fingerprint density at radius 1 is 0.220 bits per heavy atom. The van der Waals surface area contributed by atoms with Gasteiger partial charge in [0, 0.05) is 39.3 Å². The molecule has 4 fully saturated rings. The zero-order valence-electron chi connectivity index (χ0n) is 68.8. The largest absolute Gasteiger partial charge is 0.354 e. The Hall–Kier alpha value is -1.71. The van der Waals surface area contributed by atoms with Gasteiger partial charge in [0.05, 0.1) is 16.2 Å². The minimum Gasteiger partial charge on any atom is -0.354 e. The van der Waals surface area contributed by atoms with Crippen LogP contribution in [0, 0.1) is 22.2 Å². The Bertz CT molecular complexity index is 1560. The Kier molecular flexibility index (Phi) is 59.6. The monoisotopic (exact) mass is 1400 g/mol. The summed E-state index contributed by atoms with van der Waals surface area (Å²) in [5.41, 5.74) is -2.12. The first-order valence-corrected chi connectivity index (χ1v) is 46.2. The Balaban J connectivity index is 1.79. The lowest BCUT2D eigenvalue weighted by Crippen LogP contribution is -2.67. The fraction of sp³-hybridized carbons (Fsp3) is 0.967. The highest BCUT2D eigenvalue weighted by Gasteiger charge is 2.69. The summed E-state index contributed by atoms with van der Waals surface area (Å²) in [4.78, 5) is 54.3. The maximum atomic E-state index is 15.4. The van der Waals surface area contributed by atoms with Gasteiger partial charge < -0.3 is 30.7 Å². The van der Waals surface area contributed by atoms with Gasteiger partial charge in [-0.15, -0.1) is 0 Å². The minimum atomic E-state index is -0.708. The molecule has 4 aliphatic rings. The van der Waals surface area contributed by atoms with Gasteiger partial charge in [-0.05, 0) is 122 Å². The predicted molar refractivity (Wildman–Crippen MR) is 438 cm³/mol. The lowest BCUT2D eigenvalue weighted by molar-refractivity contribution is -0.188. The molecule has 0 radical (unpaired) electrons. The quantitative estimate of drug-likeness (QED) is 0.0525. The molecule has 0 unspecified atom stereocenters. The molecule has 9 heteroatoms. The van der Waals surface area contributed by atoms with Crippen molar-refractivity contribution in [3.63, 3.8) is 0 Å². The number of amides is 3. The lowest BCUT2D eigenvalue weighted by Gasteiger charge is -2.64. The number of hydrogen-bond donors (Lipinski definition) is 3. The molecule has 0 aromatic rings. The van der Waals surface area contributed by atoms with E-state index in [1.807, 2.05) is 0 Å². The molecule has 0 aromatic carbocycles. The smallest absolute Gasteiger partial charge is 0.226 e. The fourth-order valence-corrected chi connectivity index (χ4v) is 18.7. The normalized spacial score (nSPS) is 18.8. The van der Waals surface area contributed by atoms with Crippen LogP contribution in [-0.4, -0.2) is 111 Å². The van der Waals surface area contributed by atoms with Crippen LogP contribution < -0.4 is 16.0 Å². The molecule has 3 amide bonds. The molecular formula is C91H178N6O3. The molecule has 3 N–H and O–H groups in total. The van der Waals surface area contributed by atoms with Gasteiger partial charge in [-0.1, -0.05) is 388 Å². The van der Waals surface area contributed by atoms with Crippen molar-refractivity contribution < 1.29 is 14.4 Å². The van der Waals surface area contributed by atoms with Crippen LogP contribution in [0.1, 0.15) is 465 Å². The fourth-order valence-electron chi connectivity index (χ4n) is 18.7. The van der Waals surface area contributed by atoms with Crippen molar-refractivity contribution >= 4 is 17.7 Å². The highest BCUT2D eigenvalue weighted by molar-refractivity contribution is 5.92. The number of unbranched alkanes of at least 4 members (excludes halogenated alkanes) is 54. The summed E-state index contributed by atoms with van der Waals surface area (Å²) in [6.45, 7) is 25.0. The van der Waals surface area contributed by atoms with Crippen LogP contribution in [0.25, 0.3) is 0 Å². The molecule has 0 aromatic heterocycles. The van der Waals surface area contributed by atoms with Gasteiger partial charge in [0.15, 0.2) is 0 Å². The van der Waals surface area contributed by atoms with E-state index in [-0.39, 0.29) is 23.6 Å². The molecule has 0 spiro atoms. The van der Waals surface area contributed by atoms with Crippen LogP contribution in [0.2, 0.25) is 0 Å². The van der Waals surface area contributed by atoms with Gasteiger partial charge >= 0.3 is 0 Å². The van der Waals surface area contributed by atoms with Gasteiger partial charge in [-0.25, -0.2) is 0 Å². The van der Waals surface area contributed by atoms with Gasteiger partial charge in [0.2, 0.25) is 17.7 Å². The van der Waals surface area contributed by atoms with E-state index < -0.39 is 16.2 Å². The predicted octanol–water partition coefficient (Wildman–Crippen LogP) is 25.7. The molecule has 100 heavy (non-hydrogen) atoms. The maximum Gasteiger partial charge on any atom is 0.226 e. The molecule has 0 atom stereocenters. The summed E-state index contributed by atoms with van der Waals surface area (Å²) in [6, 6.07) is 0. The highest BCUT2D eigenvalue weighted by Crippen LogP contribution is 2.70. The van der Waals surface area contributed by atoms with Crippen molar-refractivity contribution in [2.24, 2.45) is 22.2 Å². The van der Waals surface area contributed by atoms with E-state index in [1.54, 1.807) is 0 Å². The van der Waals surface area contributed by atoms with Crippen LogP contribution >= 0.6 is 0 Å². The number of nitrogens with one attached hydrogen (secondary N) is 3. The summed E-state index contributed by atoms with van der Waals surface area (Å²) in [7, 11) is 0. The summed E-state index contributed by atoms with van der Waals surface area (Å²) >= 11 is 0. The Morgan fingerprint density at radius 3 is 0.510 bits per heavy atom. The minimum absolute atomic E-state index is 0.127. The SMILES string of the molecule is CCCCCCCCCCCCN(CCCCCCCCCCCC)CCNC(=O)C12CC3CC(C(=O)NCCN(CCCCCCCCCCCC)CCCCCCCCCCCC)(C1)CC(C(=O)NCCN(CCCCCCCCCCCC)CCCCCCCCCCCC)(C3)C2. The third kappa shape index (κ3) is 45.1. The molecule has 4 saturated carbocycles. The molecule has 0 saturated heterocycles. The van der Waals surface area contributed by atoms with Gasteiger partial charge in [0.1, 0.15) is 0 Å². The Morgan fingerprint density at radius 2 is 0.360 bits per heavy atom. The molecule has 0 aliphatic heterocycles.